The molecular weight excluding hydrogens is 310 g/mol. The topological polar surface area (TPSA) is 112 Å². The summed E-state index contributed by atoms with van der Waals surface area (Å²) < 4.78 is 5.12. The highest BCUT2D eigenvalue weighted by molar-refractivity contribution is 5.99. The summed E-state index contributed by atoms with van der Waals surface area (Å²) in [6.45, 7) is 3.30. The van der Waals surface area contributed by atoms with Gasteiger partial charge in [-0.1, -0.05) is 0 Å². The van der Waals surface area contributed by atoms with Crippen molar-refractivity contribution in [3.8, 4) is 6.07 Å². The molecule has 124 valence electrons. The molecule has 24 heavy (non-hydrogen) atoms. The van der Waals surface area contributed by atoms with Crippen molar-refractivity contribution < 1.29 is 19.4 Å². The Kier molecular flexibility index (Phi) is 5.32. The predicted octanol–water partition coefficient (Wildman–Crippen LogP) is 1.86. The van der Waals surface area contributed by atoms with Gasteiger partial charge in [-0.25, -0.2) is 9.59 Å². The number of carbonyl (C=O) groups is 2. The minimum absolute atomic E-state index is 0.0414. The number of nitriles is 1. The summed E-state index contributed by atoms with van der Waals surface area (Å²) in [5, 5.41) is 21.1. The van der Waals surface area contributed by atoms with E-state index in [2.05, 4.69) is 10.3 Å². The molecule has 0 aromatic carbocycles. The number of rotatable bonds is 5. The maximum atomic E-state index is 12.5. The lowest BCUT2D eigenvalue weighted by atomic mass is 9.81. The minimum Gasteiger partial charge on any atom is -0.478 e. The molecule has 0 spiro atoms. The fourth-order valence-corrected chi connectivity index (χ4v) is 2.70. The highest BCUT2D eigenvalue weighted by Crippen LogP contribution is 2.38. The highest BCUT2D eigenvalue weighted by atomic mass is 16.5. The molecule has 1 unspecified atom stereocenters. The minimum atomic E-state index is -1.11. The van der Waals surface area contributed by atoms with Crippen molar-refractivity contribution in [2.24, 2.45) is 0 Å². The van der Waals surface area contributed by atoms with Crippen LogP contribution < -0.4 is 5.32 Å². The van der Waals surface area contributed by atoms with Crippen LogP contribution in [0.15, 0.2) is 47.1 Å². The largest absolute Gasteiger partial charge is 0.478 e. The number of hydrogen-bond acceptors (Lipinski definition) is 6. The molecule has 1 aliphatic heterocycles. The number of allylic oxidation sites excluding steroid dienone is 2. The number of carboxylic acids is 1. The van der Waals surface area contributed by atoms with Gasteiger partial charge in [-0.05, 0) is 31.5 Å². The third kappa shape index (κ3) is 3.43. The Bertz CT molecular complexity index is 760. The lowest BCUT2D eigenvalue weighted by molar-refractivity contribution is -0.139. The van der Waals surface area contributed by atoms with Gasteiger partial charge in [0, 0.05) is 23.8 Å². The fraction of sp³-hybridized carbons (Fsp3) is 0.294. The number of carbonyl (C=O) groups excluding carboxylic acids is 1. The Labute approximate surface area is 139 Å². The molecule has 0 fully saturated rings. The monoisotopic (exact) mass is 327 g/mol. The first-order valence-corrected chi connectivity index (χ1v) is 7.33. The van der Waals surface area contributed by atoms with E-state index in [4.69, 9.17) is 10.00 Å². The molecular formula is C17H17N3O4. The summed E-state index contributed by atoms with van der Waals surface area (Å²) >= 11 is 0. The number of aromatic nitrogens is 1. The van der Waals surface area contributed by atoms with E-state index in [1.54, 1.807) is 38.4 Å². The Morgan fingerprint density at radius 2 is 1.92 bits per heavy atom. The molecule has 2 N–H and O–H groups in total. The average molecular weight is 327 g/mol. The lowest BCUT2D eigenvalue weighted by Crippen LogP contribution is -2.31. The molecule has 1 aliphatic rings. The summed E-state index contributed by atoms with van der Waals surface area (Å²) in [5.74, 6) is -2.51. The average Bonchev–Trinajstić information content (AvgIpc) is 2.54. The Hall–Kier alpha value is -3.14. The molecule has 7 heteroatoms. The Morgan fingerprint density at radius 3 is 2.50 bits per heavy atom. The molecule has 1 aromatic rings. The maximum absolute atomic E-state index is 12.5. The van der Waals surface area contributed by atoms with Gasteiger partial charge in [0.15, 0.2) is 0 Å². The molecule has 0 aliphatic carbocycles. The quantitative estimate of drug-likeness (QED) is 0.627. The molecule has 0 bridgehead atoms. The van der Waals surface area contributed by atoms with Gasteiger partial charge < -0.3 is 15.2 Å². The van der Waals surface area contributed by atoms with Crippen molar-refractivity contribution in [3.05, 3.63) is 52.6 Å². The number of nitrogens with one attached hydrogen (secondary N) is 1. The number of esters is 1. The number of ether oxygens (including phenoxy) is 1. The van der Waals surface area contributed by atoms with Gasteiger partial charge in [0.1, 0.15) is 6.61 Å². The maximum Gasteiger partial charge on any atom is 0.336 e. The number of pyridine rings is 1. The third-order valence-electron chi connectivity index (χ3n) is 3.70. The van der Waals surface area contributed by atoms with Crippen molar-refractivity contribution in [2.45, 2.75) is 26.2 Å². The standard InChI is InChI=1S/C17H17N3O4/c1-10-13(16(21)22)15(12-4-7-19-8-5-12)14(11(2)20-10)17(23)24-9-3-6-18/h4-5,7-8,15,20H,3,9H2,1-2H3,(H,21,22). The van der Waals surface area contributed by atoms with Gasteiger partial charge in [-0.3, -0.25) is 4.98 Å². The zero-order chi connectivity index (χ0) is 17.7. The smallest absolute Gasteiger partial charge is 0.336 e. The van der Waals surface area contributed by atoms with Crippen molar-refractivity contribution in [3.63, 3.8) is 0 Å². The first-order chi connectivity index (χ1) is 11.5. The summed E-state index contributed by atoms with van der Waals surface area (Å²) in [4.78, 5) is 28.2. The van der Waals surface area contributed by atoms with Crippen LogP contribution in [-0.2, 0) is 14.3 Å². The molecule has 0 amide bonds. The molecule has 2 rings (SSSR count). The molecule has 0 radical (unpaired) electrons. The van der Waals surface area contributed by atoms with Crippen LogP contribution in [0, 0.1) is 11.3 Å². The lowest BCUT2D eigenvalue weighted by Gasteiger charge is -2.29. The van der Waals surface area contributed by atoms with Crippen LogP contribution in [0.1, 0.15) is 31.7 Å². The van der Waals surface area contributed by atoms with E-state index in [0.717, 1.165) is 0 Å². The molecule has 1 aromatic heterocycles. The van der Waals surface area contributed by atoms with Gasteiger partial charge in [0.05, 0.1) is 29.6 Å². The highest BCUT2D eigenvalue weighted by Gasteiger charge is 2.37. The SMILES string of the molecule is CC1=C(C(=O)O)C(c2ccncc2)C(C(=O)OCCC#N)=C(C)N1. The van der Waals surface area contributed by atoms with E-state index in [9.17, 15) is 14.7 Å². The van der Waals surface area contributed by atoms with Crippen LogP contribution in [0.5, 0.6) is 0 Å². The summed E-state index contributed by atoms with van der Waals surface area (Å²) in [6, 6.07) is 5.23. The van der Waals surface area contributed by atoms with Gasteiger partial charge in [0.25, 0.3) is 0 Å². The van der Waals surface area contributed by atoms with Gasteiger partial charge in [-0.15, -0.1) is 0 Å². The zero-order valence-corrected chi connectivity index (χ0v) is 13.4. The normalized spacial score (nSPS) is 17.1. The van der Waals surface area contributed by atoms with Crippen molar-refractivity contribution in [1.82, 2.24) is 10.3 Å². The van der Waals surface area contributed by atoms with Crippen molar-refractivity contribution in [2.75, 3.05) is 6.61 Å². The number of nitrogens with zero attached hydrogens (tertiary/aromatic N) is 2. The summed E-state index contributed by atoms with van der Waals surface area (Å²) in [5.41, 5.74) is 1.94. The van der Waals surface area contributed by atoms with Crippen molar-refractivity contribution in [1.29, 1.82) is 5.26 Å². The van der Waals surface area contributed by atoms with Crippen LogP contribution in [0.4, 0.5) is 0 Å². The van der Waals surface area contributed by atoms with Crippen LogP contribution in [0.3, 0.4) is 0 Å². The van der Waals surface area contributed by atoms with Crippen LogP contribution in [0.2, 0.25) is 0 Å². The predicted molar refractivity (Wildman–Crippen MR) is 84.3 cm³/mol. The van der Waals surface area contributed by atoms with E-state index in [1.807, 2.05) is 6.07 Å². The second kappa shape index (κ2) is 7.42. The number of hydrogen-bond donors (Lipinski definition) is 2. The van der Waals surface area contributed by atoms with Gasteiger partial charge in [-0.2, -0.15) is 5.26 Å². The van der Waals surface area contributed by atoms with E-state index in [1.165, 1.54) is 0 Å². The first kappa shape index (κ1) is 17.2. The number of aliphatic carboxylic acids is 1. The van der Waals surface area contributed by atoms with E-state index in [-0.39, 0.29) is 24.2 Å². The molecule has 0 saturated heterocycles. The van der Waals surface area contributed by atoms with Gasteiger partial charge in [0.2, 0.25) is 0 Å². The molecule has 2 heterocycles. The van der Waals surface area contributed by atoms with Crippen LogP contribution >= 0.6 is 0 Å². The third-order valence-corrected chi connectivity index (χ3v) is 3.70. The first-order valence-electron chi connectivity index (χ1n) is 7.33. The molecule has 1 atom stereocenters. The van der Waals surface area contributed by atoms with Crippen LogP contribution in [-0.4, -0.2) is 28.6 Å². The van der Waals surface area contributed by atoms with Crippen molar-refractivity contribution >= 4 is 11.9 Å². The van der Waals surface area contributed by atoms with Crippen LogP contribution in [0.25, 0.3) is 0 Å². The Morgan fingerprint density at radius 1 is 1.29 bits per heavy atom. The second-order valence-corrected chi connectivity index (χ2v) is 5.27. The fourth-order valence-electron chi connectivity index (χ4n) is 2.70. The van der Waals surface area contributed by atoms with E-state index >= 15 is 0 Å². The number of dihydropyridines is 1. The van der Waals surface area contributed by atoms with Gasteiger partial charge >= 0.3 is 11.9 Å². The summed E-state index contributed by atoms with van der Waals surface area (Å²) in [7, 11) is 0. The molecule has 0 saturated carbocycles. The summed E-state index contributed by atoms with van der Waals surface area (Å²) in [6.07, 6.45) is 3.16. The molecule has 7 nitrogen and oxygen atoms in total. The number of carboxylic acid groups (broad SMARTS) is 1. The zero-order valence-electron chi connectivity index (χ0n) is 13.4. The van der Waals surface area contributed by atoms with E-state index < -0.39 is 17.9 Å². The Balaban J connectivity index is 2.50. The van der Waals surface area contributed by atoms with E-state index in [0.29, 0.717) is 17.0 Å². The second-order valence-electron chi connectivity index (χ2n) is 5.27.